The maximum absolute atomic E-state index is 13.0. The highest BCUT2D eigenvalue weighted by atomic mass is 16.6. The van der Waals surface area contributed by atoms with Crippen molar-refractivity contribution in [3.63, 3.8) is 0 Å². The van der Waals surface area contributed by atoms with E-state index in [2.05, 4.69) is 5.32 Å². The lowest BCUT2D eigenvalue weighted by atomic mass is 9.87. The van der Waals surface area contributed by atoms with Gasteiger partial charge in [-0.2, -0.15) is 0 Å². The van der Waals surface area contributed by atoms with E-state index in [-0.39, 0.29) is 35.8 Å². The van der Waals surface area contributed by atoms with E-state index >= 15 is 0 Å². The van der Waals surface area contributed by atoms with Crippen LogP contribution in [0.4, 0.5) is 4.79 Å². The molecule has 1 atom stereocenters. The second kappa shape index (κ2) is 10.5. The van der Waals surface area contributed by atoms with Crippen LogP contribution in [-0.2, 0) is 16.0 Å². The van der Waals surface area contributed by atoms with E-state index in [1.165, 1.54) is 24.1 Å². The SMILES string of the molecule is [2H]C([2H])([2H])Oc1ccc(CCNC(=O)[C@@H](CC(C)(C)C)N(C)C(=O)OC(C)(C)C)cc1OC([2H])([2H])[2H]. The number of nitrogens with one attached hydrogen (secondary N) is 1. The summed E-state index contributed by atoms with van der Waals surface area (Å²) >= 11 is 0. The van der Waals surface area contributed by atoms with Crippen molar-refractivity contribution in [3.8, 4) is 11.5 Å². The van der Waals surface area contributed by atoms with E-state index in [0.29, 0.717) is 12.0 Å². The Morgan fingerprint density at radius 2 is 1.73 bits per heavy atom. The van der Waals surface area contributed by atoms with Crippen LogP contribution in [0.25, 0.3) is 0 Å². The van der Waals surface area contributed by atoms with Crippen molar-refractivity contribution in [2.24, 2.45) is 5.41 Å². The summed E-state index contributed by atoms with van der Waals surface area (Å²) in [7, 11) is -4.08. The summed E-state index contributed by atoms with van der Waals surface area (Å²) in [5.41, 5.74) is -0.378. The number of rotatable bonds is 8. The van der Waals surface area contributed by atoms with Crippen LogP contribution in [0.2, 0.25) is 0 Å². The zero-order valence-corrected chi connectivity index (χ0v) is 18.9. The van der Waals surface area contributed by atoms with Gasteiger partial charge in [0.15, 0.2) is 11.5 Å². The molecule has 0 aliphatic carbocycles. The van der Waals surface area contributed by atoms with E-state index in [9.17, 15) is 9.59 Å². The van der Waals surface area contributed by atoms with Gasteiger partial charge in [0, 0.05) is 13.6 Å². The molecule has 7 heteroatoms. The lowest BCUT2D eigenvalue weighted by Gasteiger charge is -2.33. The Bertz CT molecular complexity index is 904. The van der Waals surface area contributed by atoms with Gasteiger partial charge in [0.05, 0.1) is 22.3 Å². The molecule has 0 spiro atoms. The second-order valence-electron chi connectivity index (χ2n) is 9.40. The minimum Gasteiger partial charge on any atom is -0.493 e. The van der Waals surface area contributed by atoms with Gasteiger partial charge in [-0.25, -0.2) is 4.79 Å². The van der Waals surface area contributed by atoms with Crippen LogP contribution in [0.3, 0.4) is 0 Å². The number of nitrogens with zero attached hydrogens (tertiary/aromatic N) is 1. The maximum Gasteiger partial charge on any atom is 0.410 e. The molecule has 1 N–H and O–H groups in total. The fourth-order valence-electron chi connectivity index (χ4n) is 2.77. The third kappa shape index (κ3) is 8.51. The first-order valence-electron chi connectivity index (χ1n) is 12.8. The van der Waals surface area contributed by atoms with Crippen molar-refractivity contribution in [2.45, 2.75) is 66.0 Å². The number of hydrogen-bond acceptors (Lipinski definition) is 5. The van der Waals surface area contributed by atoms with E-state index in [0.717, 1.165) is 0 Å². The van der Waals surface area contributed by atoms with E-state index in [1.54, 1.807) is 26.8 Å². The van der Waals surface area contributed by atoms with Gasteiger partial charge in [-0.3, -0.25) is 9.69 Å². The number of likely N-dealkylation sites (N-methyl/N-ethyl adjacent to an activating group) is 1. The highest BCUT2D eigenvalue weighted by molar-refractivity contribution is 5.85. The molecule has 0 aliphatic heterocycles. The zero-order chi connectivity index (χ0) is 28.1. The van der Waals surface area contributed by atoms with Crippen LogP contribution < -0.4 is 14.8 Å². The summed E-state index contributed by atoms with van der Waals surface area (Å²) in [5, 5.41) is 2.81. The molecule has 1 aromatic rings. The Kier molecular flexibility index (Phi) is 6.07. The molecule has 0 radical (unpaired) electrons. The minimum absolute atomic E-state index is 0.175. The fourth-order valence-corrected chi connectivity index (χ4v) is 2.77. The number of carbonyl (C=O) groups is 2. The first-order valence-corrected chi connectivity index (χ1v) is 9.81. The van der Waals surface area contributed by atoms with Gasteiger partial charge in [0.2, 0.25) is 5.91 Å². The Balaban J connectivity index is 2.98. The number of benzene rings is 1. The number of hydrogen-bond donors (Lipinski definition) is 1. The Hall–Kier alpha value is -2.44. The number of carbonyl (C=O) groups excluding carboxylic acids is 2. The standard InChI is InChI=1S/C23H38N2O5/c1-22(2,3)15-17(25(7)21(27)30-23(4,5)6)20(26)24-13-12-16-10-11-18(28-8)19(14-16)29-9/h10-11,14,17H,12-13,15H2,1-9H3,(H,24,26)/t17-/m1/s1/i8D3,9D3. The number of amides is 2. The van der Waals surface area contributed by atoms with Gasteiger partial charge < -0.3 is 19.5 Å². The molecule has 0 saturated carbocycles. The minimum atomic E-state index is -2.81. The molecular weight excluding hydrogens is 384 g/mol. The molecule has 170 valence electrons. The van der Waals surface area contributed by atoms with Crippen molar-refractivity contribution in [2.75, 3.05) is 27.7 Å². The molecule has 0 unspecified atom stereocenters. The van der Waals surface area contributed by atoms with Crippen LogP contribution >= 0.6 is 0 Å². The third-order valence-corrected chi connectivity index (χ3v) is 4.20. The van der Waals surface area contributed by atoms with Gasteiger partial charge in [-0.1, -0.05) is 26.8 Å². The number of methoxy groups -OCH3 is 2. The molecule has 0 heterocycles. The van der Waals surface area contributed by atoms with E-state index < -0.39 is 31.8 Å². The predicted molar refractivity (Wildman–Crippen MR) is 118 cm³/mol. The molecule has 0 fully saturated rings. The first kappa shape index (κ1) is 17.3. The van der Waals surface area contributed by atoms with Crippen molar-refractivity contribution in [1.29, 1.82) is 0 Å². The molecule has 2 amide bonds. The molecule has 0 saturated heterocycles. The van der Waals surface area contributed by atoms with Gasteiger partial charge in [0.25, 0.3) is 0 Å². The average molecular weight is 429 g/mol. The summed E-state index contributed by atoms with van der Waals surface area (Å²) in [6.07, 6.45) is 0.0742. The zero-order valence-electron chi connectivity index (χ0n) is 24.9. The summed E-state index contributed by atoms with van der Waals surface area (Å²) in [5.74, 6) is -0.840. The van der Waals surface area contributed by atoms with Crippen molar-refractivity contribution < 1.29 is 32.0 Å². The maximum atomic E-state index is 13.0. The molecule has 0 bridgehead atoms. The molecule has 30 heavy (non-hydrogen) atoms. The predicted octanol–water partition coefficient (Wildman–Crippen LogP) is 4.03. The molecular formula is C23H38N2O5. The van der Waals surface area contributed by atoms with Gasteiger partial charge in [-0.15, -0.1) is 0 Å². The van der Waals surface area contributed by atoms with E-state index in [4.69, 9.17) is 22.4 Å². The van der Waals surface area contributed by atoms with Gasteiger partial charge >= 0.3 is 6.09 Å². The van der Waals surface area contributed by atoms with Crippen LogP contribution in [0.5, 0.6) is 11.5 Å². The lowest BCUT2D eigenvalue weighted by Crippen LogP contribution is -2.50. The van der Waals surface area contributed by atoms with E-state index in [1.807, 2.05) is 20.8 Å². The first-order chi connectivity index (χ1) is 16.1. The van der Waals surface area contributed by atoms with Crippen LogP contribution in [0.15, 0.2) is 18.2 Å². The number of ether oxygens (including phenoxy) is 3. The molecule has 1 rings (SSSR count). The lowest BCUT2D eigenvalue weighted by molar-refractivity contribution is -0.127. The van der Waals surface area contributed by atoms with Crippen LogP contribution in [0.1, 0.15) is 61.8 Å². The molecule has 0 aromatic heterocycles. The summed E-state index contributed by atoms with van der Waals surface area (Å²) in [4.78, 5) is 26.9. The van der Waals surface area contributed by atoms with Gasteiger partial charge in [0.1, 0.15) is 11.6 Å². The third-order valence-electron chi connectivity index (χ3n) is 4.20. The summed E-state index contributed by atoms with van der Waals surface area (Å²) < 4.78 is 58.9. The summed E-state index contributed by atoms with van der Waals surface area (Å²) in [6.45, 7) is 11.3. The average Bonchev–Trinajstić information content (AvgIpc) is 2.63. The van der Waals surface area contributed by atoms with Crippen molar-refractivity contribution in [1.82, 2.24) is 10.2 Å². The Morgan fingerprint density at radius 1 is 1.10 bits per heavy atom. The van der Waals surface area contributed by atoms with Gasteiger partial charge in [-0.05, 0) is 56.7 Å². The highest BCUT2D eigenvalue weighted by Gasteiger charge is 2.33. The van der Waals surface area contributed by atoms with Crippen LogP contribution in [-0.4, -0.2) is 56.2 Å². The highest BCUT2D eigenvalue weighted by Crippen LogP contribution is 2.28. The quantitative estimate of drug-likeness (QED) is 0.676. The normalized spacial score (nSPS) is 16.5. The van der Waals surface area contributed by atoms with Crippen LogP contribution in [0, 0.1) is 5.41 Å². The van der Waals surface area contributed by atoms with Crippen molar-refractivity contribution in [3.05, 3.63) is 23.8 Å². The molecule has 1 aromatic carbocycles. The molecule has 0 aliphatic rings. The molecule has 7 nitrogen and oxygen atoms in total. The second-order valence-corrected chi connectivity index (χ2v) is 9.40. The Morgan fingerprint density at radius 3 is 2.30 bits per heavy atom. The Labute approximate surface area is 189 Å². The topological polar surface area (TPSA) is 77.1 Å². The smallest absolute Gasteiger partial charge is 0.410 e. The van der Waals surface area contributed by atoms with Crippen molar-refractivity contribution >= 4 is 12.0 Å². The fraction of sp³-hybridized carbons (Fsp3) is 0.652. The largest absolute Gasteiger partial charge is 0.493 e. The monoisotopic (exact) mass is 428 g/mol. The summed E-state index contributed by atoms with van der Waals surface area (Å²) in [6, 6.07) is 3.45.